The van der Waals surface area contributed by atoms with Crippen molar-refractivity contribution in [3.05, 3.63) is 88.7 Å². The third-order valence-corrected chi connectivity index (χ3v) is 6.25. The number of rotatable bonds is 6. The molecule has 0 N–H and O–H groups in total. The van der Waals surface area contributed by atoms with Gasteiger partial charge in [0.15, 0.2) is 4.80 Å². The molecule has 0 aliphatic heterocycles. The van der Waals surface area contributed by atoms with E-state index in [1.807, 2.05) is 42.5 Å². The second-order valence-electron chi connectivity index (χ2n) is 6.86. The van der Waals surface area contributed by atoms with Crippen LogP contribution in [-0.4, -0.2) is 22.5 Å². The van der Waals surface area contributed by atoms with E-state index in [1.54, 1.807) is 35.2 Å². The first-order valence-electron chi connectivity index (χ1n) is 9.65. The quantitative estimate of drug-likeness (QED) is 0.379. The van der Waals surface area contributed by atoms with E-state index in [-0.39, 0.29) is 5.91 Å². The summed E-state index contributed by atoms with van der Waals surface area (Å²) < 4.78 is 9.14. The van der Waals surface area contributed by atoms with Gasteiger partial charge in [-0.3, -0.25) is 4.79 Å². The summed E-state index contributed by atoms with van der Waals surface area (Å²) in [7, 11) is 0. The zero-order chi connectivity index (χ0) is 20.9. The molecule has 0 radical (unpaired) electrons. The zero-order valence-corrected chi connectivity index (χ0v) is 18.5. The molecule has 0 spiro atoms. The topological polar surface area (TPSA) is 43.6 Å². The molecule has 0 saturated heterocycles. The Morgan fingerprint density at radius 1 is 1.03 bits per heavy atom. The fraction of sp³-hybridized carbons (Fsp3) is 0.167. The van der Waals surface area contributed by atoms with E-state index in [4.69, 9.17) is 4.74 Å². The monoisotopic (exact) mass is 434 g/mol. The van der Waals surface area contributed by atoms with Gasteiger partial charge >= 0.3 is 0 Å². The molecule has 1 aromatic heterocycles. The number of hydrogen-bond acceptors (Lipinski definition) is 4. The molecule has 4 rings (SSSR count). The predicted octanol–water partition coefficient (Wildman–Crippen LogP) is 5.91. The van der Waals surface area contributed by atoms with Crippen LogP contribution in [0.3, 0.4) is 0 Å². The van der Waals surface area contributed by atoms with Gasteiger partial charge in [0.05, 0.1) is 10.2 Å². The number of aryl methyl sites for hydroxylation is 2. The zero-order valence-electron chi connectivity index (χ0n) is 16.9. The number of aromatic nitrogens is 1. The van der Waals surface area contributed by atoms with Crippen molar-refractivity contribution in [3.63, 3.8) is 0 Å². The normalized spacial score (nSPS) is 11.7. The molecule has 4 nitrogen and oxygen atoms in total. The molecule has 0 aliphatic rings. The van der Waals surface area contributed by atoms with Gasteiger partial charge in [-0.25, -0.2) is 0 Å². The lowest BCUT2D eigenvalue weighted by molar-refractivity contribution is 0.0997. The summed E-state index contributed by atoms with van der Waals surface area (Å²) in [6.07, 6.45) is 2.08. The van der Waals surface area contributed by atoms with Crippen molar-refractivity contribution in [2.75, 3.05) is 12.0 Å². The largest absolute Gasteiger partial charge is 0.457 e. The molecule has 0 bridgehead atoms. The Morgan fingerprint density at radius 3 is 2.63 bits per heavy atom. The van der Waals surface area contributed by atoms with Gasteiger partial charge in [0.25, 0.3) is 5.91 Å². The van der Waals surface area contributed by atoms with Crippen molar-refractivity contribution in [1.29, 1.82) is 0 Å². The van der Waals surface area contributed by atoms with E-state index in [2.05, 4.69) is 40.9 Å². The van der Waals surface area contributed by atoms with E-state index in [0.29, 0.717) is 11.3 Å². The molecule has 4 aromatic rings. The van der Waals surface area contributed by atoms with Crippen molar-refractivity contribution in [3.8, 4) is 11.5 Å². The first-order chi connectivity index (χ1) is 14.6. The summed E-state index contributed by atoms with van der Waals surface area (Å²) in [5.74, 6) is 2.04. The van der Waals surface area contributed by atoms with Crippen LogP contribution < -0.4 is 9.54 Å². The number of thioether (sulfide) groups is 1. The van der Waals surface area contributed by atoms with Gasteiger partial charge in [-0.05, 0) is 61.2 Å². The number of para-hydroxylation sites is 1. The maximum absolute atomic E-state index is 13.0. The van der Waals surface area contributed by atoms with Crippen molar-refractivity contribution < 1.29 is 9.53 Å². The molecular weight excluding hydrogens is 412 g/mol. The van der Waals surface area contributed by atoms with Crippen molar-refractivity contribution in [2.24, 2.45) is 4.99 Å². The molecule has 1 heterocycles. The lowest BCUT2D eigenvalue weighted by atomic mass is 10.2. The molecule has 0 atom stereocenters. The summed E-state index contributed by atoms with van der Waals surface area (Å²) in [5, 5.41) is 0. The van der Waals surface area contributed by atoms with E-state index in [1.165, 1.54) is 5.56 Å². The van der Waals surface area contributed by atoms with Crippen LogP contribution >= 0.6 is 23.1 Å². The van der Waals surface area contributed by atoms with Crippen molar-refractivity contribution in [2.45, 2.75) is 13.5 Å². The average Bonchev–Trinajstić information content (AvgIpc) is 3.09. The van der Waals surface area contributed by atoms with Gasteiger partial charge in [-0.15, -0.1) is 0 Å². The van der Waals surface area contributed by atoms with Gasteiger partial charge in [0, 0.05) is 17.9 Å². The van der Waals surface area contributed by atoms with Crippen LogP contribution in [0.15, 0.2) is 77.8 Å². The second-order valence-corrected chi connectivity index (χ2v) is 8.85. The molecule has 1 amide bonds. The minimum atomic E-state index is -0.269. The van der Waals surface area contributed by atoms with Crippen molar-refractivity contribution in [1.82, 2.24) is 4.57 Å². The molecule has 3 aromatic carbocycles. The summed E-state index contributed by atoms with van der Waals surface area (Å²) in [4.78, 5) is 18.2. The Hall–Kier alpha value is -2.83. The number of carbonyl (C=O) groups is 1. The molecule has 0 unspecified atom stereocenters. The number of thiazole rings is 1. The number of benzene rings is 3. The molecule has 0 fully saturated rings. The molecule has 0 aliphatic carbocycles. The number of amides is 1. The predicted molar refractivity (Wildman–Crippen MR) is 126 cm³/mol. The van der Waals surface area contributed by atoms with E-state index < -0.39 is 0 Å². The van der Waals surface area contributed by atoms with Gasteiger partial charge in [-0.2, -0.15) is 16.8 Å². The van der Waals surface area contributed by atoms with Crippen LogP contribution in [0.5, 0.6) is 11.5 Å². The fourth-order valence-corrected chi connectivity index (χ4v) is 4.65. The standard InChI is InChI=1S/C24H22N2O2S2/c1-17-11-12-21-22(15-17)30-24(26(21)13-14-29-2)25-23(27)18-7-6-10-20(16-18)28-19-8-4-3-5-9-19/h3-12,15-16H,13-14H2,1-2H3. The Labute approximate surface area is 183 Å². The molecular formula is C24H22N2O2S2. The van der Waals surface area contributed by atoms with E-state index >= 15 is 0 Å². The highest BCUT2D eigenvalue weighted by atomic mass is 32.2. The van der Waals surface area contributed by atoms with Crippen LogP contribution in [0.25, 0.3) is 10.2 Å². The fourth-order valence-electron chi connectivity index (χ4n) is 3.13. The van der Waals surface area contributed by atoms with Gasteiger partial charge in [0.1, 0.15) is 11.5 Å². The van der Waals surface area contributed by atoms with Crippen LogP contribution in [0, 0.1) is 6.92 Å². The molecule has 30 heavy (non-hydrogen) atoms. The number of hydrogen-bond donors (Lipinski definition) is 0. The highest BCUT2D eigenvalue weighted by Gasteiger charge is 2.10. The van der Waals surface area contributed by atoms with Crippen LogP contribution in [0.1, 0.15) is 15.9 Å². The van der Waals surface area contributed by atoms with Gasteiger partial charge < -0.3 is 9.30 Å². The maximum Gasteiger partial charge on any atom is 0.279 e. The average molecular weight is 435 g/mol. The maximum atomic E-state index is 13.0. The second kappa shape index (κ2) is 9.32. The summed E-state index contributed by atoms with van der Waals surface area (Å²) in [6, 6.07) is 23.0. The minimum absolute atomic E-state index is 0.269. The Kier molecular flexibility index (Phi) is 6.35. The van der Waals surface area contributed by atoms with Crippen LogP contribution in [-0.2, 0) is 6.54 Å². The molecule has 152 valence electrons. The van der Waals surface area contributed by atoms with Crippen molar-refractivity contribution >= 4 is 39.2 Å². The third-order valence-electron chi connectivity index (χ3n) is 4.61. The third kappa shape index (κ3) is 4.66. The van der Waals surface area contributed by atoms with Gasteiger partial charge in [0.2, 0.25) is 0 Å². The number of carbonyl (C=O) groups excluding carboxylic acids is 1. The first-order valence-corrected chi connectivity index (χ1v) is 11.9. The number of ether oxygens (including phenoxy) is 1. The molecule has 0 saturated carbocycles. The summed E-state index contributed by atoms with van der Waals surface area (Å²) in [5.41, 5.74) is 2.82. The Balaban J connectivity index is 1.68. The van der Waals surface area contributed by atoms with Crippen LogP contribution in [0.2, 0.25) is 0 Å². The smallest absolute Gasteiger partial charge is 0.279 e. The summed E-state index contributed by atoms with van der Waals surface area (Å²) >= 11 is 3.33. The molecule has 6 heteroatoms. The van der Waals surface area contributed by atoms with E-state index in [0.717, 1.165) is 33.1 Å². The Bertz CT molecular complexity index is 1240. The Morgan fingerprint density at radius 2 is 1.83 bits per heavy atom. The van der Waals surface area contributed by atoms with E-state index in [9.17, 15) is 4.79 Å². The highest BCUT2D eigenvalue weighted by molar-refractivity contribution is 7.98. The minimum Gasteiger partial charge on any atom is -0.457 e. The highest BCUT2D eigenvalue weighted by Crippen LogP contribution is 2.23. The number of nitrogens with zero attached hydrogens (tertiary/aromatic N) is 2. The lowest BCUT2D eigenvalue weighted by Crippen LogP contribution is -2.18. The lowest BCUT2D eigenvalue weighted by Gasteiger charge is -2.06. The number of fused-ring (bicyclic) bond motifs is 1. The van der Waals surface area contributed by atoms with Crippen LogP contribution in [0.4, 0.5) is 0 Å². The SMILES string of the molecule is CSCCn1c(=NC(=O)c2cccc(Oc3ccccc3)c2)sc2cc(C)ccc21. The summed E-state index contributed by atoms with van der Waals surface area (Å²) in [6.45, 7) is 2.89. The first kappa shape index (κ1) is 20.4. The van der Waals surface area contributed by atoms with Gasteiger partial charge in [-0.1, -0.05) is 41.7 Å².